The monoisotopic (exact) mass is 367 g/mol. The molecule has 0 saturated carbocycles. The fourth-order valence-corrected chi connectivity index (χ4v) is 3.20. The van der Waals surface area contributed by atoms with Crippen LogP contribution in [0, 0.1) is 5.82 Å². The number of benzene rings is 2. The lowest BCUT2D eigenvalue weighted by molar-refractivity contribution is -0.137. The Morgan fingerprint density at radius 1 is 1.12 bits per heavy atom. The number of carbonyl (C=O) groups excluding carboxylic acids is 2. The number of halogens is 3. The Morgan fingerprint density at radius 2 is 1.75 bits per heavy atom. The first-order chi connectivity index (χ1) is 11.4. The molecule has 124 valence electrons. The molecule has 1 aliphatic rings. The third-order valence-electron chi connectivity index (χ3n) is 3.98. The second-order valence-electron chi connectivity index (χ2n) is 5.33. The number of hydrogen-bond donors (Lipinski definition) is 1. The number of nitrogens with zero attached hydrogens (tertiary/aromatic N) is 1. The van der Waals surface area contributed by atoms with Crippen LogP contribution in [0.25, 0.3) is 0 Å². The van der Waals surface area contributed by atoms with E-state index in [0.717, 1.165) is 6.07 Å². The SMILES string of the molecule is O=C1c2ccccc2C(O)(C(Cl)CCl)C(=O)N1c1ccccc1F. The molecule has 2 unspecified atom stereocenters. The average molecular weight is 368 g/mol. The summed E-state index contributed by atoms with van der Waals surface area (Å²) in [7, 11) is 0. The van der Waals surface area contributed by atoms with Crippen LogP contribution in [-0.4, -0.2) is 28.2 Å². The van der Waals surface area contributed by atoms with E-state index in [4.69, 9.17) is 23.2 Å². The van der Waals surface area contributed by atoms with Crippen LogP contribution >= 0.6 is 23.2 Å². The van der Waals surface area contributed by atoms with Crippen LogP contribution in [0.4, 0.5) is 10.1 Å². The standard InChI is InChI=1S/C17H12Cl2FNO3/c18-9-14(19)17(24)11-6-2-1-5-10(11)15(22)21(16(17)23)13-8-4-3-7-12(13)20/h1-8,14,24H,9H2. The van der Waals surface area contributed by atoms with Crippen LogP contribution in [0.2, 0.25) is 0 Å². The molecule has 0 aromatic heterocycles. The second-order valence-corrected chi connectivity index (χ2v) is 6.17. The highest BCUT2D eigenvalue weighted by molar-refractivity contribution is 6.34. The zero-order valence-corrected chi connectivity index (χ0v) is 13.8. The molecule has 0 spiro atoms. The van der Waals surface area contributed by atoms with Gasteiger partial charge < -0.3 is 5.11 Å². The summed E-state index contributed by atoms with van der Waals surface area (Å²) in [5.74, 6) is -2.77. The third-order valence-corrected chi connectivity index (χ3v) is 4.92. The van der Waals surface area contributed by atoms with Crippen molar-refractivity contribution >= 4 is 40.7 Å². The van der Waals surface area contributed by atoms with Crippen molar-refractivity contribution in [3.8, 4) is 0 Å². The number of aliphatic hydroxyl groups is 1. The number of anilines is 1. The lowest BCUT2D eigenvalue weighted by atomic mass is 9.82. The summed E-state index contributed by atoms with van der Waals surface area (Å²) >= 11 is 11.9. The smallest absolute Gasteiger partial charge is 0.272 e. The van der Waals surface area contributed by atoms with Crippen molar-refractivity contribution in [2.24, 2.45) is 0 Å². The summed E-state index contributed by atoms with van der Waals surface area (Å²) in [5, 5.41) is 9.82. The van der Waals surface area contributed by atoms with Crippen LogP contribution in [0.3, 0.4) is 0 Å². The predicted molar refractivity (Wildman–Crippen MR) is 88.9 cm³/mol. The molecule has 2 aromatic rings. The van der Waals surface area contributed by atoms with E-state index >= 15 is 0 Å². The minimum Gasteiger partial charge on any atom is -0.374 e. The zero-order valence-electron chi connectivity index (χ0n) is 12.2. The number of carbonyl (C=O) groups is 2. The van der Waals surface area contributed by atoms with Gasteiger partial charge in [-0.3, -0.25) is 9.59 Å². The maximum Gasteiger partial charge on any atom is 0.272 e. The van der Waals surface area contributed by atoms with E-state index in [1.54, 1.807) is 12.1 Å². The van der Waals surface area contributed by atoms with E-state index in [9.17, 15) is 19.1 Å². The van der Waals surface area contributed by atoms with Gasteiger partial charge in [0.25, 0.3) is 11.8 Å². The molecule has 0 fully saturated rings. The molecule has 1 heterocycles. The van der Waals surface area contributed by atoms with E-state index in [-0.39, 0.29) is 22.7 Å². The van der Waals surface area contributed by atoms with Gasteiger partial charge in [0.2, 0.25) is 0 Å². The first-order valence-corrected chi connectivity index (χ1v) is 8.05. The molecule has 4 nitrogen and oxygen atoms in total. The Kier molecular flexibility index (Phi) is 4.34. The Bertz CT molecular complexity index is 829. The van der Waals surface area contributed by atoms with E-state index in [0.29, 0.717) is 4.90 Å². The van der Waals surface area contributed by atoms with Gasteiger partial charge in [-0.05, 0) is 18.2 Å². The molecule has 2 atom stereocenters. The van der Waals surface area contributed by atoms with Crippen LogP contribution in [-0.2, 0) is 10.4 Å². The first kappa shape index (κ1) is 16.9. The van der Waals surface area contributed by atoms with Crippen LogP contribution in [0.1, 0.15) is 15.9 Å². The summed E-state index contributed by atoms with van der Waals surface area (Å²) in [5.41, 5.74) is -2.36. The summed E-state index contributed by atoms with van der Waals surface area (Å²) in [6, 6.07) is 11.3. The number of amides is 2. The molecule has 0 aliphatic carbocycles. The minimum absolute atomic E-state index is 0.0632. The largest absolute Gasteiger partial charge is 0.374 e. The molecule has 0 saturated heterocycles. The van der Waals surface area contributed by atoms with Gasteiger partial charge in [-0.15, -0.1) is 23.2 Å². The maximum absolute atomic E-state index is 14.1. The fourth-order valence-electron chi connectivity index (χ4n) is 2.77. The van der Waals surface area contributed by atoms with E-state index in [2.05, 4.69) is 0 Å². The lowest BCUT2D eigenvalue weighted by Gasteiger charge is -2.40. The van der Waals surface area contributed by atoms with Crippen molar-refractivity contribution in [2.75, 3.05) is 10.8 Å². The number of fused-ring (bicyclic) bond motifs is 1. The number of rotatable bonds is 3. The quantitative estimate of drug-likeness (QED) is 0.669. The van der Waals surface area contributed by atoms with Gasteiger partial charge in [0.1, 0.15) is 5.82 Å². The average Bonchev–Trinajstić information content (AvgIpc) is 2.61. The van der Waals surface area contributed by atoms with Gasteiger partial charge in [-0.2, -0.15) is 0 Å². The van der Waals surface area contributed by atoms with Gasteiger partial charge in [-0.1, -0.05) is 30.3 Å². The fraction of sp³-hybridized carbons (Fsp3) is 0.176. The summed E-state index contributed by atoms with van der Waals surface area (Å²) in [6.07, 6.45) is 0. The topological polar surface area (TPSA) is 57.6 Å². The van der Waals surface area contributed by atoms with Crippen LogP contribution in [0.5, 0.6) is 0 Å². The van der Waals surface area contributed by atoms with Gasteiger partial charge in [0, 0.05) is 17.0 Å². The molecule has 3 rings (SSSR count). The van der Waals surface area contributed by atoms with Crippen LogP contribution < -0.4 is 4.90 Å². The van der Waals surface area contributed by atoms with Gasteiger partial charge in [0.15, 0.2) is 5.60 Å². The molecular weight excluding hydrogens is 356 g/mol. The Balaban J connectivity index is 2.27. The normalized spacial score (nSPS) is 21.6. The van der Waals surface area contributed by atoms with E-state index in [1.165, 1.54) is 30.3 Å². The zero-order chi connectivity index (χ0) is 17.5. The molecule has 7 heteroatoms. The Morgan fingerprint density at radius 3 is 2.42 bits per heavy atom. The molecule has 1 N–H and O–H groups in total. The molecular formula is C17H12Cl2FNO3. The molecule has 2 amide bonds. The van der Waals surface area contributed by atoms with Crippen molar-refractivity contribution < 1.29 is 19.1 Å². The lowest BCUT2D eigenvalue weighted by Crippen LogP contribution is -2.59. The molecule has 24 heavy (non-hydrogen) atoms. The third kappa shape index (κ3) is 2.32. The minimum atomic E-state index is -2.24. The van der Waals surface area contributed by atoms with Crippen molar-refractivity contribution in [3.05, 3.63) is 65.5 Å². The van der Waals surface area contributed by atoms with E-state index in [1.807, 2.05) is 0 Å². The summed E-state index contributed by atoms with van der Waals surface area (Å²) in [4.78, 5) is 26.3. The van der Waals surface area contributed by atoms with Crippen molar-refractivity contribution in [1.29, 1.82) is 0 Å². The van der Waals surface area contributed by atoms with Gasteiger partial charge >= 0.3 is 0 Å². The van der Waals surface area contributed by atoms with Crippen molar-refractivity contribution in [1.82, 2.24) is 0 Å². The molecule has 2 aromatic carbocycles. The van der Waals surface area contributed by atoms with E-state index < -0.39 is 28.6 Å². The number of para-hydroxylation sites is 1. The highest BCUT2D eigenvalue weighted by atomic mass is 35.5. The van der Waals surface area contributed by atoms with Gasteiger partial charge in [-0.25, -0.2) is 9.29 Å². The van der Waals surface area contributed by atoms with Crippen LogP contribution in [0.15, 0.2) is 48.5 Å². The second kappa shape index (κ2) is 6.16. The molecule has 1 aliphatic heterocycles. The molecule has 0 radical (unpaired) electrons. The highest BCUT2D eigenvalue weighted by Crippen LogP contribution is 2.40. The predicted octanol–water partition coefficient (Wildman–Crippen LogP) is 3.05. The summed E-state index contributed by atoms with van der Waals surface area (Å²) < 4.78 is 14.1. The maximum atomic E-state index is 14.1. The van der Waals surface area contributed by atoms with Gasteiger partial charge in [0.05, 0.1) is 11.1 Å². The van der Waals surface area contributed by atoms with Crippen molar-refractivity contribution in [2.45, 2.75) is 11.0 Å². The number of alkyl halides is 2. The van der Waals surface area contributed by atoms with Crippen molar-refractivity contribution in [3.63, 3.8) is 0 Å². The number of imide groups is 1. The number of hydrogen-bond acceptors (Lipinski definition) is 3. The highest BCUT2D eigenvalue weighted by Gasteiger charge is 2.54. The first-order valence-electron chi connectivity index (χ1n) is 7.08. The summed E-state index contributed by atoms with van der Waals surface area (Å²) in [6.45, 7) is 0. The molecule has 0 bridgehead atoms. The Hall–Kier alpha value is -1.95. The Labute approximate surface area is 147 Å².